The molecule has 0 aliphatic heterocycles. The van der Waals surface area contributed by atoms with Gasteiger partial charge in [-0.15, -0.1) is 0 Å². The Morgan fingerprint density at radius 3 is 2.27 bits per heavy atom. The van der Waals surface area contributed by atoms with Crippen LogP contribution in [0.3, 0.4) is 0 Å². The van der Waals surface area contributed by atoms with Crippen LogP contribution in [0, 0.1) is 18.3 Å². The summed E-state index contributed by atoms with van der Waals surface area (Å²) in [6.45, 7) is 3.37. The van der Waals surface area contributed by atoms with Crippen LogP contribution in [0.25, 0.3) is 0 Å². The summed E-state index contributed by atoms with van der Waals surface area (Å²) in [4.78, 5) is 0. The van der Waals surface area contributed by atoms with Crippen LogP contribution in [0.2, 0.25) is 0 Å². The van der Waals surface area contributed by atoms with E-state index in [2.05, 4.69) is 0 Å². The highest BCUT2D eigenvalue weighted by molar-refractivity contribution is 5.25. The van der Waals surface area contributed by atoms with Gasteiger partial charge in [0.1, 0.15) is 5.75 Å². The third-order valence-electron chi connectivity index (χ3n) is 1.00. The van der Waals surface area contributed by atoms with Gasteiger partial charge in [-0.3, -0.25) is 0 Å². The summed E-state index contributed by atoms with van der Waals surface area (Å²) in [7, 11) is 0. The smallest absolute Gasteiger partial charge is 0.115 e. The highest BCUT2D eigenvalue weighted by Gasteiger charge is 1.83. The third-order valence-corrected chi connectivity index (χ3v) is 1.00. The number of hydrogen-bond donors (Lipinski definition) is 1. The standard InChI is InChI=1S/C7H8O.C2H3N/c1-6-3-2-4-7(8)5-6;1-2-3/h2-5,8H,1H3;1H3. The summed E-state index contributed by atoms with van der Waals surface area (Å²) >= 11 is 0. The van der Waals surface area contributed by atoms with Crippen molar-refractivity contribution in [3.8, 4) is 11.8 Å². The molecule has 0 aromatic heterocycles. The predicted molar refractivity (Wildman–Crippen MR) is 44.1 cm³/mol. The van der Waals surface area contributed by atoms with Crippen LogP contribution in [-0.4, -0.2) is 5.11 Å². The third kappa shape index (κ3) is 4.98. The first-order chi connectivity index (χ1) is 5.20. The Bertz CT molecular complexity index is 233. The Balaban J connectivity index is 0.000000292. The molecule has 1 aromatic rings. The van der Waals surface area contributed by atoms with E-state index in [0.717, 1.165) is 5.56 Å². The van der Waals surface area contributed by atoms with E-state index in [1.165, 1.54) is 6.92 Å². The van der Waals surface area contributed by atoms with Gasteiger partial charge in [-0.25, -0.2) is 0 Å². The quantitative estimate of drug-likeness (QED) is 0.614. The number of nitrogens with zero attached hydrogens (tertiary/aromatic N) is 1. The molecule has 0 saturated carbocycles. The number of benzene rings is 1. The van der Waals surface area contributed by atoms with Gasteiger partial charge in [0.05, 0.1) is 6.07 Å². The molecule has 0 bridgehead atoms. The van der Waals surface area contributed by atoms with Crippen molar-refractivity contribution in [2.24, 2.45) is 0 Å². The Labute approximate surface area is 66.7 Å². The lowest BCUT2D eigenvalue weighted by atomic mass is 10.2. The lowest BCUT2D eigenvalue weighted by molar-refractivity contribution is 0.475. The van der Waals surface area contributed by atoms with E-state index >= 15 is 0 Å². The Morgan fingerprint density at radius 1 is 1.45 bits per heavy atom. The first-order valence-electron chi connectivity index (χ1n) is 3.27. The zero-order valence-corrected chi connectivity index (χ0v) is 6.70. The monoisotopic (exact) mass is 149 g/mol. The summed E-state index contributed by atoms with van der Waals surface area (Å²) in [5.74, 6) is 0.338. The van der Waals surface area contributed by atoms with Gasteiger partial charge in [0.2, 0.25) is 0 Å². The highest BCUT2D eigenvalue weighted by Crippen LogP contribution is 2.08. The predicted octanol–water partition coefficient (Wildman–Crippen LogP) is 2.23. The first-order valence-corrected chi connectivity index (χ1v) is 3.27. The second-order valence-electron chi connectivity index (χ2n) is 2.06. The Kier molecular flexibility index (Phi) is 4.59. The number of aromatic hydroxyl groups is 1. The van der Waals surface area contributed by atoms with Crippen molar-refractivity contribution in [3.63, 3.8) is 0 Å². The minimum absolute atomic E-state index is 0.338. The molecule has 0 radical (unpaired) electrons. The molecule has 11 heavy (non-hydrogen) atoms. The molecule has 0 aliphatic carbocycles. The van der Waals surface area contributed by atoms with Crippen LogP contribution in [0.4, 0.5) is 0 Å². The van der Waals surface area contributed by atoms with Crippen molar-refractivity contribution in [1.29, 1.82) is 5.26 Å². The van der Waals surface area contributed by atoms with E-state index in [-0.39, 0.29) is 0 Å². The zero-order chi connectivity index (χ0) is 8.69. The fraction of sp³-hybridized carbons (Fsp3) is 0.222. The molecule has 0 atom stereocenters. The normalized spacial score (nSPS) is 7.36. The zero-order valence-electron chi connectivity index (χ0n) is 6.70. The van der Waals surface area contributed by atoms with Crippen LogP contribution in [0.1, 0.15) is 12.5 Å². The van der Waals surface area contributed by atoms with Crippen molar-refractivity contribution >= 4 is 0 Å². The molecule has 58 valence electrons. The van der Waals surface area contributed by atoms with Gasteiger partial charge in [-0.05, 0) is 24.6 Å². The number of aryl methyl sites for hydroxylation is 1. The number of hydrogen-bond acceptors (Lipinski definition) is 2. The second kappa shape index (κ2) is 5.31. The van der Waals surface area contributed by atoms with E-state index in [1.54, 1.807) is 18.2 Å². The molecule has 0 saturated heterocycles. The van der Waals surface area contributed by atoms with Gasteiger partial charge in [-0.2, -0.15) is 5.26 Å². The van der Waals surface area contributed by atoms with Crippen molar-refractivity contribution < 1.29 is 5.11 Å². The highest BCUT2D eigenvalue weighted by atomic mass is 16.3. The molecular formula is C9H11NO. The SMILES string of the molecule is CC#N.Cc1cccc(O)c1. The molecule has 1 N–H and O–H groups in total. The maximum Gasteiger partial charge on any atom is 0.115 e. The molecule has 2 nitrogen and oxygen atoms in total. The van der Waals surface area contributed by atoms with Crippen molar-refractivity contribution in [2.45, 2.75) is 13.8 Å². The van der Waals surface area contributed by atoms with Crippen molar-refractivity contribution in [1.82, 2.24) is 0 Å². The van der Waals surface area contributed by atoms with Crippen molar-refractivity contribution in [3.05, 3.63) is 29.8 Å². The topological polar surface area (TPSA) is 44.0 Å². The molecular weight excluding hydrogens is 138 g/mol. The largest absolute Gasteiger partial charge is 0.508 e. The first kappa shape index (κ1) is 9.51. The Morgan fingerprint density at radius 2 is 2.00 bits per heavy atom. The average molecular weight is 149 g/mol. The number of phenolic OH excluding ortho intramolecular Hbond substituents is 1. The van der Waals surface area contributed by atoms with Gasteiger partial charge >= 0.3 is 0 Å². The second-order valence-corrected chi connectivity index (χ2v) is 2.06. The van der Waals surface area contributed by atoms with Crippen LogP contribution in [0.5, 0.6) is 5.75 Å². The molecule has 0 spiro atoms. The lowest BCUT2D eigenvalue weighted by Gasteiger charge is -1.89. The lowest BCUT2D eigenvalue weighted by Crippen LogP contribution is -1.66. The van der Waals surface area contributed by atoms with Gasteiger partial charge < -0.3 is 5.11 Å². The van der Waals surface area contributed by atoms with Gasteiger partial charge in [-0.1, -0.05) is 12.1 Å². The van der Waals surface area contributed by atoms with Crippen LogP contribution in [0.15, 0.2) is 24.3 Å². The maximum atomic E-state index is 8.81. The molecule has 0 heterocycles. The molecule has 0 unspecified atom stereocenters. The fourth-order valence-corrected chi connectivity index (χ4v) is 0.628. The van der Waals surface area contributed by atoms with Crippen LogP contribution < -0.4 is 0 Å². The minimum atomic E-state index is 0.338. The molecule has 0 fully saturated rings. The van der Waals surface area contributed by atoms with Crippen molar-refractivity contribution in [2.75, 3.05) is 0 Å². The van der Waals surface area contributed by atoms with E-state index < -0.39 is 0 Å². The maximum absolute atomic E-state index is 8.81. The van der Waals surface area contributed by atoms with Gasteiger partial charge in [0.15, 0.2) is 0 Å². The molecule has 2 heteroatoms. The fourth-order valence-electron chi connectivity index (χ4n) is 0.628. The van der Waals surface area contributed by atoms with E-state index in [9.17, 15) is 0 Å². The molecule has 1 aromatic carbocycles. The van der Waals surface area contributed by atoms with Crippen LogP contribution >= 0.6 is 0 Å². The molecule has 1 rings (SSSR count). The summed E-state index contributed by atoms with van der Waals surface area (Å²) in [6.07, 6.45) is 0. The summed E-state index contributed by atoms with van der Waals surface area (Å²) < 4.78 is 0. The summed E-state index contributed by atoms with van der Waals surface area (Å²) in [6, 6.07) is 8.90. The minimum Gasteiger partial charge on any atom is -0.508 e. The average Bonchev–Trinajstić information content (AvgIpc) is 1.88. The van der Waals surface area contributed by atoms with E-state index in [1.807, 2.05) is 19.1 Å². The Hall–Kier alpha value is -1.49. The summed E-state index contributed by atoms with van der Waals surface area (Å²) in [5, 5.41) is 16.1. The molecule has 0 aliphatic rings. The van der Waals surface area contributed by atoms with Gasteiger partial charge in [0, 0.05) is 6.92 Å². The molecule has 0 amide bonds. The summed E-state index contributed by atoms with van der Waals surface area (Å²) in [5.41, 5.74) is 1.09. The number of phenols is 1. The van der Waals surface area contributed by atoms with Gasteiger partial charge in [0.25, 0.3) is 0 Å². The number of nitriles is 1. The van der Waals surface area contributed by atoms with Crippen LogP contribution in [-0.2, 0) is 0 Å². The van der Waals surface area contributed by atoms with E-state index in [4.69, 9.17) is 10.4 Å². The number of rotatable bonds is 0. The van der Waals surface area contributed by atoms with E-state index in [0.29, 0.717) is 5.75 Å².